The fourth-order valence-corrected chi connectivity index (χ4v) is 6.23. The molecule has 1 saturated heterocycles. The minimum atomic E-state index is -4.69. The first-order chi connectivity index (χ1) is 19.8. The van der Waals surface area contributed by atoms with Gasteiger partial charge >= 0.3 is 6.18 Å². The molecule has 1 saturated carbocycles. The highest BCUT2D eigenvalue weighted by Gasteiger charge is 2.56. The molecule has 0 N–H and O–H groups in total. The molecule has 0 bridgehead atoms. The molecule has 2 aliphatic rings. The summed E-state index contributed by atoms with van der Waals surface area (Å²) >= 11 is 0. The number of β-lactam (4-membered cyclic amide) rings is 1. The molecule has 0 spiro atoms. The van der Waals surface area contributed by atoms with Crippen LogP contribution in [0.3, 0.4) is 0 Å². The Morgan fingerprint density at radius 3 is 2.36 bits per heavy atom. The van der Waals surface area contributed by atoms with Gasteiger partial charge in [-0.05, 0) is 49.1 Å². The smallest absolute Gasteiger partial charge is 0.361 e. The summed E-state index contributed by atoms with van der Waals surface area (Å²) in [5, 5.41) is 3.41. The number of hydrogen-bond donors (Lipinski definition) is 0. The van der Waals surface area contributed by atoms with Crippen LogP contribution in [0.4, 0.5) is 27.6 Å². The Bertz CT molecular complexity index is 1630. The van der Waals surface area contributed by atoms with Crippen molar-refractivity contribution in [2.45, 2.75) is 57.5 Å². The van der Waals surface area contributed by atoms with E-state index in [4.69, 9.17) is 4.74 Å². The lowest BCUT2D eigenvalue weighted by molar-refractivity contribution is -0.141. The Morgan fingerprint density at radius 1 is 1.02 bits per heavy atom. The number of halogens is 5. The standard InChI is InChI=1S/C29H30F5N5O2Si/c1-42(2,3)11-10-41-16-37-15-35-22-14-18(6-7-23(22)37)39-27(25(28(39)40)17-4-5-17)26-20(30)12-19(13-21(26)31)38-9-8-24(36-38)29(32,33)34/h6-9,12-15,17,25,27H,4-5,10-11,16H2,1-3H3. The van der Waals surface area contributed by atoms with Crippen LogP contribution in [0, 0.1) is 23.5 Å². The van der Waals surface area contributed by atoms with E-state index < -0.39 is 43.5 Å². The van der Waals surface area contributed by atoms with Gasteiger partial charge in [-0.1, -0.05) is 19.6 Å². The number of fused-ring (bicyclic) bond motifs is 1. The number of carbonyl (C=O) groups excluding carboxylic acids is 1. The first-order valence-corrected chi connectivity index (χ1v) is 17.5. The number of carbonyl (C=O) groups is 1. The van der Waals surface area contributed by atoms with E-state index in [1.807, 2.05) is 4.57 Å². The average molecular weight is 604 g/mol. The number of alkyl halides is 3. The Labute approximate surface area is 239 Å². The Balaban J connectivity index is 1.28. The molecule has 4 aromatic rings. The molecule has 1 aliphatic carbocycles. The first kappa shape index (κ1) is 28.5. The molecule has 1 aliphatic heterocycles. The lowest BCUT2D eigenvalue weighted by atomic mass is 9.78. The molecule has 7 nitrogen and oxygen atoms in total. The second kappa shape index (κ2) is 10.3. The van der Waals surface area contributed by atoms with Crippen LogP contribution in [0.25, 0.3) is 16.7 Å². The van der Waals surface area contributed by atoms with Crippen LogP contribution < -0.4 is 4.90 Å². The number of aromatic nitrogens is 4. The summed E-state index contributed by atoms with van der Waals surface area (Å²) in [5.74, 6) is -2.70. The van der Waals surface area contributed by atoms with Gasteiger partial charge in [0.25, 0.3) is 0 Å². The molecule has 2 unspecified atom stereocenters. The molecule has 2 atom stereocenters. The second-order valence-electron chi connectivity index (χ2n) is 12.2. The molecule has 6 rings (SSSR count). The van der Waals surface area contributed by atoms with Crippen LogP contribution >= 0.6 is 0 Å². The summed E-state index contributed by atoms with van der Waals surface area (Å²) < 4.78 is 78.7. The van der Waals surface area contributed by atoms with Crippen molar-refractivity contribution in [3.05, 3.63) is 71.8 Å². The lowest BCUT2D eigenvalue weighted by Crippen LogP contribution is -2.56. The molecular weight excluding hydrogens is 573 g/mol. The van der Waals surface area contributed by atoms with Crippen molar-refractivity contribution in [3.8, 4) is 5.69 Å². The summed E-state index contributed by atoms with van der Waals surface area (Å²) in [6, 6.07) is 8.02. The van der Waals surface area contributed by atoms with Crippen molar-refractivity contribution in [1.29, 1.82) is 0 Å². The van der Waals surface area contributed by atoms with Crippen LogP contribution in [-0.4, -0.2) is 39.9 Å². The van der Waals surface area contributed by atoms with Crippen LogP contribution in [0.5, 0.6) is 0 Å². The van der Waals surface area contributed by atoms with Crippen LogP contribution in [0.2, 0.25) is 25.7 Å². The number of benzene rings is 2. The molecule has 0 radical (unpaired) electrons. The third kappa shape index (κ3) is 5.35. The molecule has 1 amide bonds. The zero-order valence-electron chi connectivity index (χ0n) is 23.3. The van der Waals surface area contributed by atoms with Gasteiger partial charge in [-0.25, -0.2) is 18.4 Å². The molecule has 13 heteroatoms. The maximum Gasteiger partial charge on any atom is 0.435 e. The largest absolute Gasteiger partial charge is 0.435 e. The Kier molecular flexibility index (Phi) is 7.00. The topological polar surface area (TPSA) is 65.2 Å². The van der Waals surface area contributed by atoms with Crippen molar-refractivity contribution in [2.75, 3.05) is 11.5 Å². The number of hydrogen-bond acceptors (Lipinski definition) is 4. The Morgan fingerprint density at radius 2 is 1.74 bits per heavy atom. The van der Waals surface area contributed by atoms with Gasteiger partial charge in [0.1, 0.15) is 18.4 Å². The summed E-state index contributed by atoms with van der Waals surface area (Å²) in [6.45, 7) is 7.82. The van der Waals surface area contributed by atoms with E-state index in [0.29, 0.717) is 24.5 Å². The number of anilines is 1. The van der Waals surface area contributed by atoms with Crippen molar-refractivity contribution < 1.29 is 31.5 Å². The van der Waals surface area contributed by atoms with E-state index in [0.717, 1.165) is 53.5 Å². The van der Waals surface area contributed by atoms with E-state index in [2.05, 4.69) is 29.7 Å². The van der Waals surface area contributed by atoms with E-state index in [9.17, 15) is 18.0 Å². The van der Waals surface area contributed by atoms with Gasteiger partial charge in [0.05, 0.1) is 35.0 Å². The summed E-state index contributed by atoms with van der Waals surface area (Å²) in [4.78, 5) is 19.2. The van der Waals surface area contributed by atoms with Crippen LogP contribution in [0.15, 0.2) is 48.9 Å². The van der Waals surface area contributed by atoms with Crippen molar-refractivity contribution >= 4 is 30.7 Å². The average Bonchev–Trinajstić information content (AvgIpc) is 3.42. The van der Waals surface area contributed by atoms with Crippen molar-refractivity contribution in [2.24, 2.45) is 11.8 Å². The van der Waals surface area contributed by atoms with Gasteiger partial charge < -0.3 is 14.2 Å². The van der Waals surface area contributed by atoms with Gasteiger partial charge in [-0.3, -0.25) is 4.79 Å². The summed E-state index contributed by atoms with van der Waals surface area (Å²) in [5.41, 5.74) is 0.215. The number of amides is 1. The minimum Gasteiger partial charge on any atom is -0.361 e. The molecule has 222 valence electrons. The first-order valence-electron chi connectivity index (χ1n) is 13.8. The third-order valence-corrected chi connectivity index (χ3v) is 9.59. The van der Waals surface area contributed by atoms with E-state index >= 15 is 8.78 Å². The number of rotatable bonds is 9. The molecule has 2 fully saturated rings. The molecule has 3 heterocycles. The number of nitrogens with zero attached hydrogens (tertiary/aromatic N) is 5. The van der Waals surface area contributed by atoms with Gasteiger partial charge in [-0.15, -0.1) is 0 Å². The summed E-state index contributed by atoms with van der Waals surface area (Å²) in [6.07, 6.45) is -0.463. The van der Waals surface area contributed by atoms with Gasteiger partial charge in [0.15, 0.2) is 5.69 Å². The van der Waals surface area contributed by atoms with Gasteiger partial charge in [0, 0.05) is 44.3 Å². The zero-order valence-corrected chi connectivity index (χ0v) is 24.3. The molecule has 2 aromatic carbocycles. The molecular formula is C29H30F5N5O2Si. The van der Waals surface area contributed by atoms with E-state index in [-0.39, 0.29) is 23.1 Å². The predicted octanol–water partition coefficient (Wildman–Crippen LogP) is 6.95. The highest BCUT2D eigenvalue weighted by Crippen LogP contribution is 2.55. The predicted molar refractivity (Wildman–Crippen MR) is 149 cm³/mol. The molecule has 2 aromatic heterocycles. The van der Waals surface area contributed by atoms with Crippen LogP contribution in [0.1, 0.15) is 30.1 Å². The Hall–Kier alpha value is -3.58. The highest BCUT2D eigenvalue weighted by atomic mass is 28.3. The SMILES string of the molecule is C[Si](C)(C)CCOCn1cnc2cc(N3C(=O)C(C4CC4)C3c3c(F)cc(-n4ccc(C(F)(F)F)n4)cc3F)ccc21. The number of imidazole rings is 1. The quantitative estimate of drug-likeness (QED) is 0.0900. The fraction of sp³-hybridized carbons (Fsp3) is 0.414. The monoisotopic (exact) mass is 603 g/mol. The van der Waals surface area contributed by atoms with Gasteiger partial charge in [-0.2, -0.15) is 18.3 Å². The summed E-state index contributed by atoms with van der Waals surface area (Å²) in [7, 11) is -1.22. The maximum absolute atomic E-state index is 15.6. The zero-order chi connectivity index (χ0) is 30.0. The minimum absolute atomic E-state index is 0.0222. The lowest BCUT2D eigenvalue weighted by Gasteiger charge is -2.48. The van der Waals surface area contributed by atoms with Crippen molar-refractivity contribution in [3.63, 3.8) is 0 Å². The fourth-order valence-electron chi connectivity index (χ4n) is 5.47. The second-order valence-corrected chi connectivity index (χ2v) is 17.8. The molecule has 42 heavy (non-hydrogen) atoms. The van der Waals surface area contributed by atoms with Crippen molar-refractivity contribution in [1.82, 2.24) is 19.3 Å². The third-order valence-electron chi connectivity index (χ3n) is 7.88. The van der Waals surface area contributed by atoms with E-state index in [1.165, 1.54) is 4.90 Å². The normalized spacial score (nSPS) is 19.5. The van der Waals surface area contributed by atoms with Crippen LogP contribution in [-0.2, 0) is 22.4 Å². The van der Waals surface area contributed by atoms with E-state index in [1.54, 1.807) is 24.5 Å². The maximum atomic E-state index is 15.6. The van der Waals surface area contributed by atoms with Gasteiger partial charge in [0.2, 0.25) is 5.91 Å². The number of ether oxygens (including phenoxy) is 1. The highest BCUT2D eigenvalue weighted by molar-refractivity contribution is 6.76.